The highest BCUT2D eigenvalue weighted by Gasteiger charge is 2.53. The molecule has 1 unspecified atom stereocenters. The molecule has 1 heterocycles. The zero-order chi connectivity index (χ0) is 10.0. The molecule has 14 heavy (non-hydrogen) atoms. The molecule has 1 saturated heterocycles. The Morgan fingerprint density at radius 2 is 2.07 bits per heavy atom. The van der Waals surface area contributed by atoms with Crippen molar-refractivity contribution in [3.05, 3.63) is 0 Å². The van der Waals surface area contributed by atoms with Crippen LogP contribution in [0.25, 0.3) is 0 Å². The average molecular weight is 197 g/mol. The maximum Gasteiger partial charge on any atom is 0.0471 e. The van der Waals surface area contributed by atoms with Crippen LogP contribution in [-0.2, 0) is 4.74 Å². The van der Waals surface area contributed by atoms with Crippen LogP contribution in [0.4, 0.5) is 0 Å². The van der Waals surface area contributed by atoms with Gasteiger partial charge in [0.25, 0.3) is 0 Å². The molecule has 82 valence electrons. The lowest BCUT2D eigenvalue weighted by Gasteiger charge is -2.23. The minimum atomic E-state index is 0.697. The van der Waals surface area contributed by atoms with Crippen molar-refractivity contribution >= 4 is 0 Å². The van der Waals surface area contributed by atoms with Crippen LogP contribution in [-0.4, -0.2) is 26.3 Å². The molecule has 2 nitrogen and oxygen atoms in total. The van der Waals surface area contributed by atoms with Crippen molar-refractivity contribution in [1.29, 1.82) is 0 Å². The van der Waals surface area contributed by atoms with E-state index in [2.05, 4.69) is 19.2 Å². The molecule has 0 radical (unpaired) electrons. The molecule has 0 amide bonds. The number of hydrogen-bond acceptors (Lipinski definition) is 2. The van der Waals surface area contributed by atoms with Gasteiger partial charge in [0.2, 0.25) is 0 Å². The lowest BCUT2D eigenvalue weighted by Crippen LogP contribution is -2.26. The van der Waals surface area contributed by atoms with Crippen LogP contribution in [0.1, 0.15) is 33.1 Å². The van der Waals surface area contributed by atoms with Gasteiger partial charge in [0.1, 0.15) is 0 Å². The second-order valence-electron chi connectivity index (χ2n) is 5.43. The topological polar surface area (TPSA) is 21.3 Å². The van der Waals surface area contributed by atoms with Crippen molar-refractivity contribution in [1.82, 2.24) is 5.32 Å². The second-order valence-corrected chi connectivity index (χ2v) is 5.43. The minimum absolute atomic E-state index is 0.697. The quantitative estimate of drug-likeness (QED) is 0.745. The van der Waals surface area contributed by atoms with E-state index in [0.717, 1.165) is 25.0 Å². The van der Waals surface area contributed by atoms with E-state index in [-0.39, 0.29) is 0 Å². The first-order valence-corrected chi connectivity index (χ1v) is 6.01. The third-order valence-corrected chi connectivity index (χ3v) is 3.79. The first-order chi connectivity index (χ1) is 6.73. The van der Waals surface area contributed by atoms with Gasteiger partial charge in [-0.05, 0) is 49.6 Å². The second kappa shape index (κ2) is 4.19. The maximum atomic E-state index is 5.42. The summed E-state index contributed by atoms with van der Waals surface area (Å²) in [6, 6.07) is 0. The molecule has 1 saturated carbocycles. The fourth-order valence-electron chi connectivity index (χ4n) is 2.66. The molecular weight excluding hydrogens is 174 g/mol. The summed E-state index contributed by atoms with van der Waals surface area (Å²) in [6.45, 7) is 8.94. The Morgan fingerprint density at radius 3 is 2.71 bits per heavy atom. The Bertz CT molecular complexity index is 185. The molecule has 1 N–H and O–H groups in total. The number of rotatable bonds is 4. The SMILES string of the molecule is CC(C)CNCC1CC12CCOCC2. The molecule has 2 heteroatoms. The fourth-order valence-corrected chi connectivity index (χ4v) is 2.66. The van der Waals surface area contributed by atoms with Gasteiger partial charge in [-0.3, -0.25) is 0 Å². The molecule has 0 bridgehead atoms. The minimum Gasteiger partial charge on any atom is -0.381 e. The summed E-state index contributed by atoms with van der Waals surface area (Å²) in [6.07, 6.45) is 4.06. The van der Waals surface area contributed by atoms with Crippen molar-refractivity contribution in [2.45, 2.75) is 33.1 Å². The highest BCUT2D eigenvalue weighted by molar-refractivity contribution is 5.03. The summed E-state index contributed by atoms with van der Waals surface area (Å²) in [5.74, 6) is 1.73. The third-order valence-electron chi connectivity index (χ3n) is 3.79. The van der Waals surface area contributed by atoms with Crippen LogP contribution in [0.3, 0.4) is 0 Å². The molecule has 1 aliphatic carbocycles. The van der Waals surface area contributed by atoms with E-state index in [1.807, 2.05) is 0 Å². The lowest BCUT2D eigenvalue weighted by atomic mass is 9.94. The molecule has 2 aliphatic rings. The van der Waals surface area contributed by atoms with E-state index < -0.39 is 0 Å². The van der Waals surface area contributed by atoms with Crippen LogP contribution in [0.2, 0.25) is 0 Å². The molecule has 0 aromatic carbocycles. The summed E-state index contributed by atoms with van der Waals surface area (Å²) in [5, 5.41) is 3.58. The van der Waals surface area contributed by atoms with E-state index in [1.165, 1.54) is 32.4 Å². The van der Waals surface area contributed by atoms with Gasteiger partial charge in [0.15, 0.2) is 0 Å². The van der Waals surface area contributed by atoms with Gasteiger partial charge >= 0.3 is 0 Å². The molecule has 1 aliphatic heterocycles. The molecule has 2 fully saturated rings. The van der Waals surface area contributed by atoms with Gasteiger partial charge in [0, 0.05) is 13.2 Å². The van der Waals surface area contributed by atoms with Crippen molar-refractivity contribution in [2.75, 3.05) is 26.3 Å². The highest BCUT2D eigenvalue weighted by atomic mass is 16.5. The normalized spacial score (nSPS) is 29.8. The van der Waals surface area contributed by atoms with Gasteiger partial charge in [0.05, 0.1) is 0 Å². The molecule has 2 rings (SSSR count). The molecule has 1 spiro atoms. The predicted octanol–water partition coefficient (Wildman–Crippen LogP) is 2.05. The van der Waals surface area contributed by atoms with Crippen molar-refractivity contribution in [2.24, 2.45) is 17.3 Å². The Morgan fingerprint density at radius 1 is 1.36 bits per heavy atom. The maximum absolute atomic E-state index is 5.42. The molecule has 0 aromatic rings. The zero-order valence-electron chi connectivity index (χ0n) is 9.51. The Hall–Kier alpha value is -0.0800. The van der Waals surface area contributed by atoms with E-state index in [4.69, 9.17) is 4.74 Å². The number of ether oxygens (including phenoxy) is 1. The molecular formula is C12H23NO. The van der Waals surface area contributed by atoms with Crippen LogP contribution in [0.15, 0.2) is 0 Å². The highest BCUT2D eigenvalue weighted by Crippen LogP contribution is 2.58. The Kier molecular flexibility index (Phi) is 3.13. The van der Waals surface area contributed by atoms with E-state index in [1.54, 1.807) is 0 Å². The predicted molar refractivity (Wildman–Crippen MR) is 58.3 cm³/mol. The summed E-state index contributed by atoms with van der Waals surface area (Å²) < 4.78 is 5.42. The lowest BCUT2D eigenvalue weighted by molar-refractivity contribution is 0.0520. The van der Waals surface area contributed by atoms with E-state index in [0.29, 0.717) is 5.41 Å². The first kappa shape index (κ1) is 10.4. The van der Waals surface area contributed by atoms with Crippen LogP contribution >= 0.6 is 0 Å². The summed E-state index contributed by atoms with van der Waals surface area (Å²) in [7, 11) is 0. The smallest absolute Gasteiger partial charge is 0.0471 e. The monoisotopic (exact) mass is 197 g/mol. The molecule has 0 aromatic heterocycles. The van der Waals surface area contributed by atoms with Gasteiger partial charge in [-0.2, -0.15) is 0 Å². The van der Waals surface area contributed by atoms with Crippen LogP contribution in [0.5, 0.6) is 0 Å². The van der Waals surface area contributed by atoms with Gasteiger partial charge in [-0.1, -0.05) is 13.8 Å². The van der Waals surface area contributed by atoms with Crippen molar-refractivity contribution in [3.8, 4) is 0 Å². The number of hydrogen-bond donors (Lipinski definition) is 1. The number of nitrogens with one attached hydrogen (secondary N) is 1. The summed E-state index contributed by atoms with van der Waals surface area (Å²) in [4.78, 5) is 0. The molecule has 1 atom stereocenters. The average Bonchev–Trinajstić information content (AvgIpc) is 2.79. The first-order valence-electron chi connectivity index (χ1n) is 6.01. The fraction of sp³-hybridized carbons (Fsp3) is 1.00. The van der Waals surface area contributed by atoms with Crippen LogP contribution in [0, 0.1) is 17.3 Å². The van der Waals surface area contributed by atoms with Gasteiger partial charge in [-0.15, -0.1) is 0 Å². The standard InChI is InChI=1S/C12H23NO/c1-10(2)8-13-9-11-7-12(11)3-5-14-6-4-12/h10-11,13H,3-9H2,1-2H3. The van der Waals surface area contributed by atoms with E-state index >= 15 is 0 Å². The van der Waals surface area contributed by atoms with Crippen LogP contribution < -0.4 is 5.32 Å². The van der Waals surface area contributed by atoms with Crippen molar-refractivity contribution < 1.29 is 4.74 Å². The Balaban J connectivity index is 1.65. The largest absolute Gasteiger partial charge is 0.381 e. The van der Waals surface area contributed by atoms with Gasteiger partial charge < -0.3 is 10.1 Å². The summed E-state index contributed by atoms with van der Waals surface area (Å²) >= 11 is 0. The van der Waals surface area contributed by atoms with Crippen molar-refractivity contribution in [3.63, 3.8) is 0 Å². The Labute approximate surface area is 87.4 Å². The van der Waals surface area contributed by atoms with E-state index in [9.17, 15) is 0 Å². The third kappa shape index (κ3) is 2.29. The summed E-state index contributed by atoms with van der Waals surface area (Å²) in [5.41, 5.74) is 0.697. The van der Waals surface area contributed by atoms with Gasteiger partial charge in [-0.25, -0.2) is 0 Å². The zero-order valence-corrected chi connectivity index (χ0v) is 9.51.